The highest BCUT2D eigenvalue weighted by Crippen LogP contribution is 2.40. The van der Waals surface area contributed by atoms with Crippen LogP contribution in [0.3, 0.4) is 0 Å². The standard InChI is InChI=1S/C20H29FN2O.ClH/c21-18-6-4-17(5-7-18)20(11-1-2-12-20)15-23-19(24)8-3-16-9-13-22-14-10-16;/h4-7,16,22H,1-3,8-15H2,(H,23,24);1H. The lowest BCUT2D eigenvalue weighted by Gasteiger charge is -2.30. The van der Waals surface area contributed by atoms with Crippen LogP contribution in [0.2, 0.25) is 0 Å². The van der Waals surface area contributed by atoms with Crippen molar-refractivity contribution in [3.63, 3.8) is 0 Å². The van der Waals surface area contributed by atoms with Gasteiger partial charge in [0, 0.05) is 18.4 Å². The predicted octanol–water partition coefficient (Wildman–Crippen LogP) is 3.96. The van der Waals surface area contributed by atoms with E-state index in [1.165, 1.54) is 43.4 Å². The van der Waals surface area contributed by atoms with Gasteiger partial charge in [-0.05, 0) is 68.8 Å². The average Bonchev–Trinajstić information content (AvgIpc) is 3.10. The van der Waals surface area contributed by atoms with Crippen LogP contribution >= 0.6 is 12.4 Å². The molecule has 2 N–H and O–H groups in total. The zero-order chi connectivity index (χ0) is 16.8. The fraction of sp³-hybridized carbons (Fsp3) is 0.650. The van der Waals surface area contributed by atoms with Gasteiger partial charge in [0.2, 0.25) is 5.91 Å². The Kier molecular flexibility index (Phi) is 7.70. The van der Waals surface area contributed by atoms with E-state index in [2.05, 4.69) is 10.6 Å². The van der Waals surface area contributed by atoms with E-state index in [4.69, 9.17) is 0 Å². The fourth-order valence-electron chi connectivity index (χ4n) is 4.28. The molecule has 0 aromatic heterocycles. The van der Waals surface area contributed by atoms with Gasteiger partial charge in [0.1, 0.15) is 5.82 Å². The van der Waals surface area contributed by atoms with E-state index < -0.39 is 0 Å². The third-order valence-electron chi connectivity index (χ3n) is 5.88. The predicted molar refractivity (Wildman–Crippen MR) is 102 cm³/mol. The smallest absolute Gasteiger partial charge is 0.220 e. The summed E-state index contributed by atoms with van der Waals surface area (Å²) >= 11 is 0. The maximum atomic E-state index is 13.2. The molecule has 1 aliphatic carbocycles. The third-order valence-corrected chi connectivity index (χ3v) is 5.88. The number of benzene rings is 1. The Morgan fingerprint density at radius 3 is 2.44 bits per heavy atom. The molecule has 3 rings (SSSR count). The van der Waals surface area contributed by atoms with Crippen LogP contribution in [0.4, 0.5) is 4.39 Å². The van der Waals surface area contributed by atoms with Crippen LogP contribution in [-0.4, -0.2) is 25.5 Å². The summed E-state index contributed by atoms with van der Waals surface area (Å²) < 4.78 is 13.2. The lowest BCUT2D eigenvalue weighted by atomic mass is 9.78. The van der Waals surface area contributed by atoms with E-state index in [1.54, 1.807) is 0 Å². The lowest BCUT2D eigenvalue weighted by molar-refractivity contribution is -0.121. The summed E-state index contributed by atoms with van der Waals surface area (Å²) in [4.78, 5) is 12.3. The molecular formula is C20H30ClFN2O. The van der Waals surface area contributed by atoms with Crippen LogP contribution in [0, 0.1) is 11.7 Å². The summed E-state index contributed by atoms with van der Waals surface area (Å²) in [5, 5.41) is 6.53. The maximum absolute atomic E-state index is 13.2. The van der Waals surface area contributed by atoms with Gasteiger partial charge in [0.25, 0.3) is 0 Å². The molecule has 0 atom stereocenters. The molecule has 140 valence electrons. The molecule has 5 heteroatoms. The number of rotatable bonds is 6. The first-order valence-corrected chi connectivity index (χ1v) is 9.41. The average molecular weight is 369 g/mol. The van der Waals surface area contributed by atoms with Gasteiger partial charge in [-0.1, -0.05) is 25.0 Å². The Morgan fingerprint density at radius 1 is 1.16 bits per heavy atom. The first-order valence-electron chi connectivity index (χ1n) is 9.41. The summed E-state index contributed by atoms with van der Waals surface area (Å²) in [6.45, 7) is 2.85. The highest BCUT2D eigenvalue weighted by molar-refractivity contribution is 5.85. The van der Waals surface area contributed by atoms with E-state index in [0.717, 1.165) is 32.4 Å². The minimum atomic E-state index is -0.196. The number of carbonyl (C=O) groups is 1. The molecule has 0 spiro atoms. The third kappa shape index (κ3) is 5.42. The van der Waals surface area contributed by atoms with Gasteiger partial charge in [-0.25, -0.2) is 4.39 Å². The zero-order valence-corrected chi connectivity index (χ0v) is 15.7. The van der Waals surface area contributed by atoms with E-state index in [1.807, 2.05) is 12.1 Å². The van der Waals surface area contributed by atoms with E-state index in [9.17, 15) is 9.18 Å². The molecule has 3 nitrogen and oxygen atoms in total. The monoisotopic (exact) mass is 368 g/mol. The second-order valence-electron chi connectivity index (χ2n) is 7.50. The minimum Gasteiger partial charge on any atom is -0.355 e. The second kappa shape index (κ2) is 9.54. The van der Waals surface area contributed by atoms with Crippen molar-refractivity contribution in [2.75, 3.05) is 19.6 Å². The van der Waals surface area contributed by atoms with Gasteiger partial charge in [0.05, 0.1) is 0 Å². The Hall–Kier alpha value is -1.13. The van der Waals surface area contributed by atoms with Crippen molar-refractivity contribution in [1.29, 1.82) is 0 Å². The van der Waals surface area contributed by atoms with Crippen molar-refractivity contribution in [2.24, 2.45) is 5.92 Å². The topological polar surface area (TPSA) is 41.1 Å². The Morgan fingerprint density at radius 2 is 1.80 bits per heavy atom. The van der Waals surface area contributed by atoms with E-state index >= 15 is 0 Å². The molecule has 1 aromatic carbocycles. The van der Waals surface area contributed by atoms with Crippen LogP contribution in [-0.2, 0) is 10.2 Å². The summed E-state index contributed by atoms with van der Waals surface area (Å²) in [6.07, 6.45) is 8.52. The number of nitrogens with one attached hydrogen (secondary N) is 2. The van der Waals surface area contributed by atoms with Gasteiger partial charge in [0.15, 0.2) is 0 Å². The molecular weight excluding hydrogens is 339 g/mol. The molecule has 0 bridgehead atoms. The Bertz CT molecular complexity index is 537. The summed E-state index contributed by atoms with van der Waals surface area (Å²) in [6, 6.07) is 6.85. The largest absolute Gasteiger partial charge is 0.355 e. The van der Waals surface area contributed by atoms with Gasteiger partial charge >= 0.3 is 0 Å². The second-order valence-corrected chi connectivity index (χ2v) is 7.50. The van der Waals surface area contributed by atoms with Crippen molar-refractivity contribution in [2.45, 2.75) is 56.8 Å². The van der Waals surface area contributed by atoms with Crippen LogP contribution in [0.5, 0.6) is 0 Å². The van der Waals surface area contributed by atoms with Gasteiger partial charge in [-0.3, -0.25) is 4.79 Å². The van der Waals surface area contributed by atoms with Crippen LogP contribution in [0.25, 0.3) is 0 Å². The number of halogens is 2. The van der Waals surface area contributed by atoms with Crippen molar-refractivity contribution >= 4 is 18.3 Å². The number of piperidine rings is 1. The molecule has 1 saturated heterocycles. The Balaban J connectivity index is 0.00000225. The molecule has 2 aliphatic rings. The summed E-state index contributed by atoms with van der Waals surface area (Å²) in [5.41, 5.74) is 1.16. The number of hydrogen-bond acceptors (Lipinski definition) is 2. The highest BCUT2D eigenvalue weighted by Gasteiger charge is 2.35. The van der Waals surface area contributed by atoms with Crippen LogP contribution in [0.1, 0.15) is 56.9 Å². The minimum absolute atomic E-state index is 0. The van der Waals surface area contributed by atoms with Gasteiger partial charge in [-0.15, -0.1) is 12.4 Å². The zero-order valence-electron chi connectivity index (χ0n) is 14.9. The molecule has 0 unspecified atom stereocenters. The lowest BCUT2D eigenvalue weighted by Crippen LogP contribution is -2.39. The van der Waals surface area contributed by atoms with Crippen LogP contribution in [0.15, 0.2) is 24.3 Å². The highest BCUT2D eigenvalue weighted by atomic mass is 35.5. The molecule has 1 aliphatic heterocycles. The Labute approximate surface area is 156 Å². The first-order chi connectivity index (χ1) is 11.7. The number of amides is 1. The number of carbonyl (C=O) groups excluding carboxylic acids is 1. The molecule has 2 fully saturated rings. The summed E-state index contributed by atoms with van der Waals surface area (Å²) in [7, 11) is 0. The normalized spacial score (nSPS) is 20.0. The molecule has 25 heavy (non-hydrogen) atoms. The summed E-state index contributed by atoms with van der Waals surface area (Å²) in [5.74, 6) is 0.661. The molecule has 1 aromatic rings. The molecule has 1 heterocycles. The quantitative estimate of drug-likeness (QED) is 0.798. The van der Waals surface area contributed by atoms with Gasteiger partial charge < -0.3 is 10.6 Å². The van der Waals surface area contributed by atoms with Crippen molar-refractivity contribution < 1.29 is 9.18 Å². The van der Waals surface area contributed by atoms with E-state index in [-0.39, 0.29) is 29.5 Å². The van der Waals surface area contributed by atoms with E-state index in [0.29, 0.717) is 18.9 Å². The van der Waals surface area contributed by atoms with Gasteiger partial charge in [-0.2, -0.15) is 0 Å². The first kappa shape index (κ1) is 20.2. The molecule has 1 saturated carbocycles. The molecule has 0 radical (unpaired) electrons. The van der Waals surface area contributed by atoms with Crippen molar-refractivity contribution in [3.8, 4) is 0 Å². The molecule has 1 amide bonds. The fourth-order valence-corrected chi connectivity index (χ4v) is 4.28. The maximum Gasteiger partial charge on any atom is 0.220 e. The van der Waals surface area contributed by atoms with Crippen molar-refractivity contribution in [3.05, 3.63) is 35.6 Å². The SMILES string of the molecule is Cl.O=C(CCC1CCNCC1)NCC1(c2ccc(F)cc2)CCCC1. The number of hydrogen-bond donors (Lipinski definition) is 2. The van der Waals surface area contributed by atoms with Crippen LogP contribution < -0.4 is 10.6 Å². The van der Waals surface area contributed by atoms with Crippen molar-refractivity contribution in [1.82, 2.24) is 10.6 Å².